The van der Waals surface area contributed by atoms with Gasteiger partial charge in [-0.25, -0.2) is 4.39 Å². The van der Waals surface area contributed by atoms with E-state index in [-0.39, 0.29) is 11.9 Å². The van der Waals surface area contributed by atoms with Gasteiger partial charge in [0, 0.05) is 12.6 Å². The van der Waals surface area contributed by atoms with Crippen molar-refractivity contribution in [3.8, 4) is 0 Å². The highest BCUT2D eigenvalue weighted by Crippen LogP contribution is 2.18. The maximum absolute atomic E-state index is 13.5. The lowest BCUT2D eigenvalue weighted by molar-refractivity contribution is 0.144. The molecule has 1 aromatic carbocycles. The summed E-state index contributed by atoms with van der Waals surface area (Å²) >= 11 is 0. The zero-order chi connectivity index (χ0) is 13.8. The van der Waals surface area contributed by atoms with E-state index in [0.29, 0.717) is 17.9 Å². The van der Waals surface area contributed by atoms with Crippen molar-refractivity contribution in [2.75, 3.05) is 6.54 Å². The van der Waals surface area contributed by atoms with Crippen LogP contribution in [0.15, 0.2) is 41.0 Å². The fourth-order valence-electron chi connectivity index (χ4n) is 1.87. The van der Waals surface area contributed by atoms with Gasteiger partial charge in [-0.1, -0.05) is 12.1 Å². The van der Waals surface area contributed by atoms with E-state index < -0.39 is 6.10 Å². The predicted octanol–water partition coefficient (Wildman–Crippen LogP) is 3.11. The number of aryl methyl sites for hydroxylation is 1. The smallest absolute Gasteiger partial charge is 0.133 e. The van der Waals surface area contributed by atoms with Crippen LogP contribution in [0.5, 0.6) is 0 Å². The van der Waals surface area contributed by atoms with Crippen molar-refractivity contribution in [2.45, 2.75) is 26.0 Å². The van der Waals surface area contributed by atoms with Crippen molar-refractivity contribution in [1.82, 2.24) is 5.32 Å². The van der Waals surface area contributed by atoms with E-state index >= 15 is 0 Å². The molecular formula is C15H18FNO2. The van der Waals surface area contributed by atoms with Gasteiger partial charge in [-0.05, 0) is 43.2 Å². The topological polar surface area (TPSA) is 45.4 Å². The lowest BCUT2D eigenvalue weighted by atomic mass is 10.1. The van der Waals surface area contributed by atoms with Gasteiger partial charge in [0.2, 0.25) is 0 Å². The van der Waals surface area contributed by atoms with E-state index in [0.717, 1.165) is 5.56 Å². The summed E-state index contributed by atoms with van der Waals surface area (Å²) in [5, 5.41) is 13.0. The van der Waals surface area contributed by atoms with Crippen LogP contribution in [0.1, 0.15) is 36.0 Å². The van der Waals surface area contributed by atoms with Crippen LogP contribution >= 0.6 is 0 Å². The van der Waals surface area contributed by atoms with Crippen LogP contribution in [-0.4, -0.2) is 11.7 Å². The van der Waals surface area contributed by atoms with Gasteiger partial charge in [-0.2, -0.15) is 0 Å². The van der Waals surface area contributed by atoms with Crippen LogP contribution in [0.2, 0.25) is 0 Å². The lowest BCUT2D eigenvalue weighted by Gasteiger charge is -2.17. The number of nitrogens with one attached hydrogen (secondary N) is 1. The molecule has 0 aliphatic heterocycles. The largest absolute Gasteiger partial charge is 0.467 e. The number of furan rings is 1. The number of hydrogen-bond acceptors (Lipinski definition) is 3. The summed E-state index contributed by atoms with van der Waals surface area (Å²) in [4.78, 5) is 0. The first kappa shape index (κ1) is 13.8. The average molecular weight is 263 g/mol. The summed E-state index contributed by atoms with van der Waals surface area (Å²) in [5.41, 5.74) is 1.49. The molecule has 3 nitrogen and oxygen atoms in total. The second-order valence-corrected chi connectivity index (χ2v) is 4.67. The second kappa shape index (κ2) is 5.99. The number of hydrogen-bond donors (Lipinski definition) is 2. The Labute approximate surface area is 112 Å². The molecule has 1 heterocycles. The van der Waals surface area contributed by atoms with E-state index in [1.165, 1.54) is 12.3 Å². The first-order valence-electron chi connectivity index (χ1n) is 6.29. The Hall–Kier alpha value is -1.65. The molecule has 19 heavy (non-hydrogen) atoms. The summed E-state index contributed by atoms with van der Waals surface area (Å²) < 4.78 is 18.6. The number of rotatable bonds is 5. The van der Waals surface area contributed by atoms with Crippen LogP contribution in [0.4, 0.5) is 4.39 Å². The van der Waals surface area contributed by atoms with Gasteiger partial charge in [0.25, 0.3) is 0 Å². The number of aliphatic hydroxyl groups is 1. The van der Waals surface area contributed by atoms with Crippen molar-refractivity contribution in [3.05, 3.63) is 59.3 Å². The van der Waals surface area contributed by atoms with E-state index in [4.69, 9.17) is 4.42 Å². The zero-order valence-corrected chi connectivity index (χ0v) is 11.1. The average Bonchev–Trinajstić information content (AvgIpc) is 2.92. The Balaban J connectivity index is 1.93. The summed E-state index contributed by atoms with van der Waals surface area (Å²) in [6.07, 6.45) is 0.824. The quantitative estimate of drug-likeness (QED) is 0.871. The molecule has 1 aromatic heterocycles. The van der Waals surface area contributed by atoms with Crippen molar-refractivity contribution in [3.63, 3.8) is 0 Å². The van der Waals surface area contributed by atoms with Gasteiger partial charge in [0.15, 0.2) is 0 Å². The lowest BCUT2D eigenvalue weighted by Crippen LogP contribution is -2.24. The molecule has 2 atom stereocenters. The van der Waals surface area contributed by atoms with Crippen molar-refractivity contribution in [2.24, 2.45) is 0 Å². The van der Waals surface area contributed by atoms with Crippen LogP contribution in [0.25, 0.3) is 0 Å². The van der Waals surface area contributed by atoms with Crippen LogP contribution in [0, 0.1) is 12.7 Å². The summed E-state index contributed by atoms with van der Waals surface area (Å²) in [6, 6.07) is 8.58. The van der Waals surface area contributed by atoms with E-state index in [2.05, 4.69) is 5.32 Å². The van der Waals surface area contributed by atoms with Crippen LogP contribution in [0.3, 0.4) is 0 Å². The van der Waals surface area contributed by atoms with Crippen molar-refractivity contribution in [1.29, 1.82) is 0 Å². The zero-order valence-electron chi connectivity index (χ0n) is 11.1. The van der Waals surface area contributed by atoms with E-state index in [1.54, 1.807) is 25.1 Å². The minimum Gasteiger partial charge on any atom is -0.467 e. The Kier molecular flexibility index (Phi) is 4.35. The highest BCUT2D eigenvalue weighted by Gasteiger charge is 2.13. The SMILES string of the molecule is Cc1ccc(C(C)NCC(O)c2ccco2)cc1F. The molecule has 2 aromatic rings. The van der Waals surface area contributed by atoms with Gasteiger partial charge >= 0.3 is 0 Å². The number of benzene rings is 1. The van der Waals surface area contributed by atoms with Crippen molar-refractivity contribution >= 4 is 0 Å². The second-order valence-electron chi connectivity index (χ2n) is 4.67. The van der Waals surface area contributed by atoms with Crippen LogP contribution < -0.4 is 5.32 Å². The molecule has 0 saturated carbocycles. The van der Waals surface area contributed by atoms with E-state index in [9.17, 15) is 9.50 Å². The molecule has 4 heteroatoms. The first-order chi connectivity index (χ1) is 9.08. The normalized spacial score (nSPS) is 14.3. The summed E-state index contributed by atoms with van der Waals surface area (Å²) in [7, 11) is 0. The molecule has 0 saturated heterocycles. The molecule has 0 aliphatic carbocycles. The molecule has 2 unspecified atom stereocenters. The minimum absolute atomic E-state index is 0.0419. The van der Waals surface area contributed by atoms with Crippen LogP contribution in [-0.2, 0) is 0 Å². The number of halogens is 1. The Morgan fingerprint density at radius 2 is 2.16 bits per heavy atom. The molecule has 102 valence electrons. The predicted molar refractivity (Wildman–Crippen MR) is 71.2 cm³/mol. The monoisotopic (exact) mass is 263 g/mol. The van der Waals surface area contributed by atoms with Gasteiger partial charge in [0.05, 0.1) is 6.26 Å². The third-order valence-electron chi connectivity index (χ3n) is 3.18. The van der Waals surface area contributed by atoms with Gasteiger partial charge in [-0.3, -0.25) is 0 Å². The highest BCUT2D eigenvalue weighted by atomic mass is 19.1. The van der Waals surface area contributed by atoms with Crippen molar-refractivity contribution < 1.29 is 13.9 Å². The fourth-order valence-corrected chi connectivity index (χ4v) is 1.87. The fraction of sp³-hybridized carbons (Fsp3) is 0.333. The molecule has 2 rings (SSSR count). The molecule has 0 bridgehead atoms. The Morgan fingerprint density at radius 3 is 2.79 bits per heavy atom. The third-order valence-corrected chi connectivity index (χ3v) is 3.18. The third kappa shape index (κ3) is 3.43. The minimum atomic E-state index is -0.701. The van der Waals surface area contributed by atoms with E-state index in [1.807, 2.05) is 13.0 Å². The molecule has 0 amide bonds. The summed E-state index contributed by atoms with van der Waals surface area (Å²) in [5.74, 6) is 0.313. The number of aliphatic hydroxyl groups excluding tert-OH is 1. The van der Waals surface area contributed by atoms with Gasteiger partial charge in [0.1, 0.15) is 17.7 Å². The molecule has 0 aliphatic rings. The molecule has 0 spiro atoms. The highest BCUT2D eigenvalue weighted by molar-refractivity contribution is 5.25. The molecular weight excluding hydrogens is 245 g/mol. The Morgan fingerprint density at radius 1 is 1.37 bits per heavy atom. The standard InChI is InChI=1S/C15H18FNO2/c1-10-5-6-12(8-13(10)16)11(2)17-9-14(18)15-4-3-7-19-15/h3-8,11,14,17-18H,9H2,1-2H3. The first-order valence-corrected chi connectivity index (χ1v) is 6.29. The maximum atomic E-state index is 13.5. The van der Waals surface area contributed by atoms with Gasteiger partial charge < -0.3 is 14.8 Å². The molecule has 2 N–H and O–H groups in total. The molecule has 0 fully saturated rings. The molecule has 0 radical (unpaired) electrons. The maximum Gasteiger partial charge on any atom is 0.133 e. The summed E-state index contributed by atoms with van der Waals surface area (Å²) in [6.45, 7) is 4.01. The van der Waals surface area contributed by atoms with Gasteiger partial charge in [-0.15, -0.1) is 0 Å². The Bertz CT molecular complexity index is 525.